The predicted molar refractivity (Wildman–Crippen MR) is 68.9 cm³/mol. The van der Waals surface area contributed by atoms with Crippen LogP contribution in [-0.2, 0) is 0 Å². The Labute approximate surface area is 99.4 Å². The second-order valence-corrected chi connectivity index (χ2v) is 4.07. The van der Waals surface area contributed by atoms with E-state index in [2.05, 4.69) is 0 Å². The molecule has 3 aromatic rings. The van der Waals surface area contributed by atoms with E-state index in [4.69, 9.17) is 0 Å². The maximum atomic E-state index is 11.7. The van der Waals surface area contributed by atoms with Crippen LogP contribution in [0.2, 0.25) is 0 Å². The molecule has 4 heteroatoms. The van der Waals surface area contributed by atoms with E-state index in [1.165, 1.54) is 36.4 Å². The first-order valence-corrected chi connectivity index (χ1v) is 5.29. The first-order chi connectivity index (χ1) is 8.58. The minimum atomic E-state index is -0.331. The summed E-state index contributed by atoms with van der Waals surface area (Å²) in [7, 11) is 0. The Kier molecular flexibility index (Phi) is 2.01. The van der Waals surface area contributed by atoms with Crippen LogP contribution in [0.3, 0.4) is 0 Å². The Hall–Kier alpha value is -2.62. The van der Waals surface area contributed by atoms with Crippen LogP contribution < -0.4 is 21.7 Å². The van der Waals surface area contributed by atoms with Gasteiger partial charge in [-0.15, -0.1) is 0 Å². The molecule has 0 atom stereocenters. The summed E-state index contributed by atoms with van der Waals surface area (Å²) in [6.07, 6.45) is 0. The van der Waals surface area contributed by atoms with Gasteiger partial charge in [0.05, 0.1) is 0 Å². The normalized spacial score (nSPS) is 11.1. The smallest absolute Gasteiger partial charge is 0.186 e. The highest BCUT2D eigenvalue weighted by molar-refractivity contribution is 5.97. The van der Waals surface area contributed by atoms with Gasteiger partial charge in [-0.25, -0.2) is 0 Å². The highest BCUT2D eigenvalue weighted by atomic mass is 16.1. The fraction of sp³-hybridized carbons (Fsp3) is 0. The molecule has 0 bridgehead atoms. The average Bonchev–Trinajstić information content (AvgIpc) is 2.37. The first-order valence-electron chi connectivity index (χ1n) is 5.29. The molecule has 0 aliphatic heterocycles. The highest BCUT2D eigenvalue weighted by Crippen LogP contribution is 2.12. The summed E-state index contributed by atoms with van der Waals surface area (Å²) in [4.78, 5) is 46.6. The Morgan fingerprint density at radius 1 is 0.444 bits per heavy atom. The lowest BCUT2D eigenvalue weighted by Crippen LogP contribution is -2.13. The lowest BCUT2D eigenvalue weighted by atomic mass is 10.0. The van der Waals surface area contributed by atoms with Crippen molar-refractivity contribution in [3.05, 3.63) is 77.3 Å². The van der Waals surface area contributed by atoms with E-state index in [0.717, 1.165) is 0 Å². The van der Waals surface area contributed by atoms with Crippen LogP contribution in [0.15, 0.2) is 55.6 Å². The van der Waals surface area contributed by atoms with Crippen LogP contribution >= 0.6 is 0 Å². The van der Waals surface area contributed by atoms with Crippen molar-refractivity contribution >= 4 is 21.5 Å². The SMILES string of the molecule is O=c1ccc(=O)c2cc3c(=O)ccc(=O)c3cc12. The molecule has 3 aromatic carbocycles. The summed E-state index contributed by atoms with van der Waals surface area (Å²) in [5.41, 5.74) is -1.33. The van der Waals surface area contributed by atoms with Crippen LogP contribution in [0.5, 0.6) is 0 Å². The van der Waals surface area contributed by atoms with Gasteiger partial charge in [0.25, 0.3) is 0 Å². The molecule has 86 valence electrons. The van der Waals surface area contributed by atoms with Gasteiger partial charge in [-0.1, -0.05) is 0 Å². The van der Waals surface area contributed by atoms with Crippen molar-refractivity contribution in [3.8, 4) is 0 Å². The van der Waals surface area contributed by atoms with Gasteiger partial charge in [0.15, 0.2) is 21.7 Å². The van der Waals surface area contributed by atoms with E-state index >= 15 is 0 Å². The standard InChI is InChI=1S/C14H6O4/c15-11-1-2-12(16)8-6-10-9(5-7(8)11)13(17)3-4-14(10)18/h1-6H. The molecule has 0 spiro atoms. The molecule has 0 aliphatic rings. The van der Waals surface area contributed by atoms with Crippen molar-refractivity contribution in [2.24, 2.45) is 0 Å². The number of hydrogen-bond donors (Lipinski definition) is 0. The van der Waals surface area contributed by atoms with Gasteiger partial charge in [-0.05, 0) is 36.4 Å². The molecule has 0 aliphatic carbocycles. The van der Waals surface area contributed by atoms with Crippen molar-refractivity contribution in [1.82, 2.24) is 0 Å². The molecule has 0 fully saturated rings. The summed E-state index contributed by atoms with van der Waals surface area (Å²) in [5, 5.41) is 0.714. The Bertz CT molecular complexity index is 831. The van der Waals surface area contributed by atoms with Crippen molar-refractivity contribution in [1.29, 1.82) is 0 Å². The third-order valence-corrected chi connectivity index (χ3v) is 2.99. The lowest BCUT2D eigenvalue weighted by Gasteiger charge is -1.98. The molecule has 0 radical (unpaired) electrons. The zero-order valence-electron chi connectivity index (χ0n) is 9.10. The summed E-state index contributed by atoms with van der Waals surface area (Å²) >= 11 is 0. The Balaban J connectivity index is 2.78. The van der Waals surface area contributed by atoms with Gasteiger partial charge in [0, 0.05) is 21.5 Å². The first kappa shape index (κ1) is 10.5. The van der Waals surface area contributed by atoms with Crippen molar-refractivity contribution < 1.29 is 0 Å². The summed E-state index contributed by atoms with van der Waals surface area (Å²) in [6, 6.07) is 7.34. The zero-order valence-corrected chi connectivity index (χ0v) is 9.10. The van der Waals surface area contributed by atoms with Gasteiger partial charge in [-0.2, -0.15) is 0 Å². The molecule has 0 heterocycles. The molecular weight excluding hydrogens is 232 g/mol. The van der Waals surface area contributed by atoms with E-state index < -0.39 is 0 Å². The van der Waals surface area contributed by atoms with Gasteiger partial charge < -0.3 is 0 Å². The fourth-order valence-electron chi connectivity index (χ4n) is 2.08. The minimum absolute atomic E-state index is 0.178. The number of rotatable bonds is 0. The molecule has 0 saturated heterocycles. The Morgan fingerprint density at radius 2 is 0.667 bits per heavy atom. The van der Waals surface area contributed by atoms with Crippen molar-refractivity contribution in [2.75, 3.05) is 0 Å². The zero-order chi connectivity index (χ0) is 12.9. The van der Waals surface area contributed by atoms with E-state index in [9.17, 15) is 19.2 Å². The minimum Gasteiger partial charge on any atom is -0.289 e. The summed E-state index contributed by atoms with van der Waals surface area (Å²) in [6.45, 7) is 0. The largest absolute Gasteiger partial charge is 0.289 e. The maximum absolute atomic E-state index is 11.7. The van der Waals surface area contributed by atoms with Gasteiger partial charge in [-0.3, -0.25) is 19.2 Å². The molecule has 0 unspecified atom stereocenters. The molecule has 4 nitrogen and oxygen atoms in total. The van der Waals surface area contributed by atoms with Crippen LogP contribution in [0.4, 0.5) is 0 Å². The second-order valence-electron chi connectivity index (χ2n) is 4.07. The van der Waals surface area contributed by atoms with Crippen LogP contribution in [0.1, 0.15) is 0 Å². The van der Waals surface area contributed by atoms with Crippen LogP contribution in [0.25, 0.3) is 21.5 Å². The number of hydrogen-bond acceptors (Lipinski definition) is 4. The lowest BCUT2D eigenvalue weighted by molar-refractivity contribution is 1.57. The van der Waals surface area contributed by atoms with Crippen LogP contribution in [0, 0.1) is 0 Å². The molecule has 18 heavy (non-hydrogen) atoms. The molecular formula is C14H6O4. The fourth-order valence-corrected chi connectivity index (χ4v) is 2.08. The third-order valence-electron chi connectivity index (χ3n) is 2.99. The molecule has 0 N–H and O–H groups in total. The maximum Gasteiger partial charge on any atom is 0.186 e. The average molecular weight is 238 g/mol. The molecule has 0 aromatic heterocycles. The van der Waals surface area contributed by atoms with Gasteiger partial charge in [0.2, 0.25) is 0 Å². The van der Waals surface area contributed by atoms with Gasteiger partial charge in [0.1, 0.15) is 0 Å². The summed E-state index contributed by atoms with van der Waals surface area (Å²) < 4.78 is 0. The van der Waals surface area contributed by atoms with E-state index in [-0.39, 0.29) is 43.3 Å². The van der Waals surface area contributed by atoms with E-state index in [1.807, 2.05) is 0 Å². The van der Waals surface area contributed by atoms with Crippen molar-refractivity contribution in [2.45, 2.75) is 0 Å². The Morgan fingerprint density at radius 3 is 0.889 bits per heavy atom. The molecule has 0 saturated carbocycles. The van der Waals surface area contributed by atoms with Gasteiger partial charge >= 0.3 is 0 Å². The second kappa shape index (κ2) is 3.43. The molecule has 0 amide bonds. The number of fused-ring (bicyclic) bond motifs is 2. The quantitative estimate of drug-likeness (QED) is 0.528. The molecule has 3 rings (SSSR count). The predicted octanol–water partition coefficient (Wildman–Crippen LogP) is 0.309. The monoisotopic (exact) mass is 238 g/mol. The van der Waals surface area contributed by atoms with E-state index in [1.54, 1.807) is 0 Å². The van der Waals surface area contributed by atoms with Crippen LogP contribution in [-0.4, -0.2) is 0 Å². The number of benzene rings is 3. The van der Waals surface area contributed by atoms with Crippen molar-refractivity contribution in [3.63, 3.8) is 0 Å². The third kappa shape index (κ3) is 1.32. The topological polar surface area (TPSA) is 68.3 Å². The highest BCUT2D eigenvalue weighted by Gasteiger charge is 2.08. The summed E-state index contributed by atoms with van der Waals surface area (Å²) in [5.74, 6) is 0. The van der Waals surface area contributed by atoms with E-state index in [0.29, 0.717) is 0 Å².